The van der Waals surface area contributed by atoms with Gasteiger partial charge >= 0.3 is 0 Å². The Kier molecular flexibility index (Phi) is 8.50. The van der Waals surface area contributed by atoms with E-state index >= 15 is 8.78 Å². The minimum absolute atomic E-state index is 0.0260. The van der Waals surface area contributed by atoms with E-state index in [2.05, 4.69) is 6.58 Å². The van der Waals surface area contributed by atoms with Gasteiger partial charge < -0.3 is 4.74 Å². The molecular formula is C31H32F4O. The van der Waals surface area contributed by atoms with E-state index in [1.807, 2.05) is 13.0 Å². The molecule has 4 rings (SSSR count). The summed E-state index contributed by atoms with van der Waals surface area (Å²) in [5.41, 5.74) is 1.57. The van der Waals surface area contributed by atoms with Crippen LogP contribution in [-0.4, -0.2) is 6.61 Å². The van der Waals surface area contributed by atoms with E-state index < -0.39 is 23.3 Å². The van der Waals surface area contributed by atoms with Crippen LogP contribution in [0.3, 0.4) is 0 Å². The van der Waals surface area contributed by atoms with Gasteiger partial charge in [-0.1, -0.05) is 49.4 Å². The zero-order chi connectivity index (χ0) is 25.7. The Morgan fingerprint density at radius 2 is 1.36 bits per heavy atom. The van der Waals surface area contributed by atoms with Crippen LogP contribution in [-0.2, 0) is 0 Å². The van der Waals surface area contributed by atoms with Crippen molar-refractivity contribution in [1.82, 2.24) is 0 Å². The fraction of sp³-hybridized carbons (Fsp3) is 0.355. The highest BCUT2D eigenvalue weighted by atomic mass is 19.2. The van der Waals surface area contributed by atoms with E-state index in [1.165, 1.54) is 12.1 Å². The van der Waals surface area contributed by atoms with Crippen LogP contribution in [0.25, 0.3) is 22.3 Å². The zero-order valence-corrected chi connectivity index (χ0v) is 20.6. The minimum atomic E-state index is -1.04. The summed E-state index contributed by atoms with van der Waals surface area (Å²) in [6, 6.07) is 12.5. The number of hydrogen-bond donors (Lipinski definition) is 0. The molecule has 0 saturated heterocycles. The number of allylic oxidation sites excluding steroid dienone is 1. The van der Waals surface area contributed by atoms with Gasteiger partial charge in [0.25, 0.3) is 0 Å². The van der Waals surface area contributed by atoms with Gasteiger partial charge in [0.15, 0.2) is 23.2 Å². The van der Waals surface area contributed by atoms with Gasteiger partial charge in [-0.25, -0.2) is 13.2 Å². The molecule has 1 saturated carbocycles. The lowest BCUT2D eigenvalue weighted by Gasteiger charge is -2.29. The van der Waals surface area contributed by atoms with Crippen molar-refractivity contribution in [3.05, 3.63) is 90.0 Å². The summed E-state index contributed by atoms with van der Waals surface area (Å²) in [4.78, 5) is 0. The van der Waals surface area contributed by atoms with Crippen LogP contribution in [0.1, 0.15) is 63.4 Å². The molecule has 3 aromatic carbocycles. The van der Waals surface area contributed by atoms with Gasteiger partial charge in [0.05, 0.1) is 6.61 Å². The van der Waals surface area contributed by atoms with Crippen LogP contribution < -0.4 is 4.74 Å². The molecule has 0 spiro atoms. The third-order valence-electron chi connectivity index (χ3n) is 7.19. The highest BCUT2D eigenvalue weighted by molar-refractivity contribution is 5.71. The lowest BCUT2D eigenvalue weighted by atomic mass is 9.77. The van der Waals surface area contributed by atoms with E-state index in [1.54, 1.807) is 36.4 Å². The summed E-state index contributed by atoms with van der Waals surface area (Å²) in [7, 11) is 0. The molecule has 5 heteroatoms. The van der Waals surface area contributed by atoms with Crippen molar-refractivity contribution < 1.29 is 22.3 Å². The average molecular weight is 497 g/mol. The van der Waals surface area contributed by atoms with Crippen molar-refractivity contribution in [2.24, 2.45) is 5.92 Å². The van der Waals surface area contributed by atoms with Crippen molar-refractivity contribution in [2.75, 3.05) is 6.61 Å². The van der Waals surface area contributed by atoms with Crippen LogP contribution in [0.4, 0.5) is 17.6 Å². The molecule has 0 amide bonds. The van der Waals surface area contributed by atoms with Crippen LogP contribution in [0, 0.1) is 29.2 Å². The second kappa shape index (κ2) is 11.8. The number of halogens is 4. The molecule has 190 valence electrons. The summed E-state index contributed by atoms with van der Waals surface area (Å²) in [6.45, 7) is 5.95. The lowest BCUT2D eigenvalue weighted by Crippen LogP contribution is -2.15. The van der Waals surface area contributed by atoms with E-state index in [9.17, 15) is 8.78 Å². The lowest BCUT2D eigenvalue weighted by molar-refractivity contribution is 0.295. The van der Waals surface area contributed by atoms with E-state index in [0.717, 1.165) is 38.5 Å². The Labute approximate surface area is 210 Å². The van der Waals surface area contributed by atoms with Crippen molar-refractivity contribution >= 4 is 0 Å². The second-order valence-corrected chi connectivity index (χ2v) is 9.58. The first-order chi connectivity index (χ1) is 17.4. The monoisotopic (exact) mass is 496 g/mol. The topological polar surface area (TPSA) is 9.23 Å². The highest BCUT2D eigenvalue weighted by Gasteiger charge is 2.26. The Morgan fingerprint density at radius 3 is 1.94 bits per heavy atom. The maximum Gasteiger partial charge on any atom is 0.201 e. The largest absolute Gasteiger partial charge is 0.490 e. The third kappa shape index (κ3) is 5.50. The Morgan fingerprint density at radius 1 is 0.778 bits per heavy atom. The summed E-state index contributed by atoms with van der Waals surface area (Å²) < 4.78 is 64.5. The minimum Gasteiger partial charge on any atom is -0.490 e. The van der Waals surface area contributed by atoms with Crippen LogP contribution in [0.2, 0.25) is 0 Å². The zero-order valence-electron chi connectivity index (χ0n) is 20.6. The number of rotatable bonds is 9. The predicted octanol–water partition coefficient (Wildman–Crippen LogP) is 9.61. The van der Waals surface area contributed by atoms with Gasteiger partial charge in [0.1, 0.15) is 0 Å². The Hall–Kier alpha value is -3.08. The van der Waals surface area contributed by atoms with E-state index in [0.29, 0.717) is 35.6 Å². The summed E-state index contributed by atoms with van der Waals surface area (Å²) >= 11 is 0. The molecule has 0 aliphatic heterocycles. The van der Waals surface area contributed by atoms with Crippen molar-refractivity contribution in [1.29, 1.82) is 0 Å². The first-order valence-corrected chi connectivity index (χ1v) is 12.7. The van der Waals surface area contributed by atoms with Gasteiger partial charge in [-0.2, -0.15) is 4.39 Å². The molecule has 0 bridgehead atoms. The summed E-state index contributed by atoms with van der Waals surface area (Å²) in [5.74, 6) is -3.18. The molecule has 1 aliphatic carbocycles. The summed E-state index contributed by atoms with van der Waals surface area (Å²) in [5, 5.41) is 0. The normalized spacial score (nSPS) is 17.7. The van der Waals surface area contributed by atoms with Gasteiger partial charge in [-0.05, 0) is 85.6 Å². The SMILES string of the molecule is C=CCCC1CCC(c2ccc(-c3ccc(-c4ccc(OCCC)c(F)c4F)cc3)c(F)c2F)CC1. The van der Waals surface area contributed by atoms with Crippen LogP contribution in [0.5, 0.6) is 5.75 Å². The maximum atomic E-state index is 15.1. The Bertz CT molecular complexity index is 1190. The molecule has 0 radical (unpaired) electrons. The first-order valence-electron chi connectivity index (χ1n) is 12.7. The smallest absolute Gasteiger partial charge is 0.201 e. The van der Waals surface area contributed by atoms with Crippen LogP contribution in [0.15, 0.2) is 61.2 Å². The molecule has 0 N–H and O–H groups in total. The predicted molar refractivity (Wildman–Crippen MR) is 137 cm³/mol. The molecule has 3 aromatic rings. The molecular weight excluding hydrogens is 464 g/mol. The fourth-order valence-electron chi connectivity index (χ4n) is 5.13. The fourth-order valence-corrected chi connectivity index (χ4v) is 5.13. The van der Waals surface area contributed by atoms with E-state index in [-0.39, 0.29) is 22.8 Å². The number of ether oxygens (including phenoxy) is 1. The molecule has 0 atom stereocenters. The van der Waals surface area contributed by atoms with Gasteiger partial charge in [0, 0.05) is 11.1 Å². The van der Waals surface area contributed by atoms with Crippen molar-refractivity contribution in [2.45, 2.75) is 57.8 Å². The number of benzene rings is 3. The van der Waals surface area contributed by atoms with Gasteiger partial charge in [-0.3, -0.25) is 0 Å². The van der Waals surface area contributed by atoms with E-state index in [4.69, 9.17) is 4.74 Å². The molecule has 1 nitrogen and oxygen atoms in total. The highest BCUT2D eigenvalue weighted by Crippen LogP contribution is 2.40. The first kappa shape index (κ1) is 26.0. The molecule has 0 unspecified atom stereocenters. The van der Waals surface area contributed by atoms with Crippen molar-refractivity contribution in [3.63, 3.8) is 0 Å². The van der Waals surface area contributed by atoms with Crippen LogP contribution >= 0.6 is 0 Å². The maximum absolute atomic E-state index is 15.1. The molecule has 0 heterocycles. The van der Waals surface area contributed by atoms with Crippen molar-refractivity contribution in [3.8, 4) is 28.0 Å². The second-order valence-electron chi connectivity index (χ2n) is 9.58. The van der Waals surface area contributed by atoms with Gasteiger partial charge in [0.2, 0.25) is 5.82 Å². The van der Waals surface area contributed by atoms with Gasteiger partial charge in [-0.15, -0.1) is 6.58 Å². The molecule has 0 aromatic heterocycles. The quantitative estimate of drug-likeness (QED) is 0.212. The third-order valence-corrected chi connectivity index (χ3v) is 7.19. The Balaban J connectivity index is 1.52. The molecule has 36 heavy (non-hydrogen) atoms. The average Bonchev–Trinajstić information content (AvgIpc) is 2.90. The molecule has 1 fully saturated rings. The summed E-state index contributed by atoms with van der Waals surface area (Å²) in [6.07, 6.45) is 8.46. The molecule has 1 aliphatic rings. The number of hydrogen-bond acceptors (Lipinski definition) is 1. The standard InChI is InChI=1S/C31H32F4O/c1-3-5-6-20-7-9-21(10-8-20)24-15-16-25(29(33)28(24)32)22-11-13-23(14-12-22)26-17-18-27(36-19-4-2)31(35)30(26)34/h3,11-18,20-21H,1,4-10,19H2,2H3.